The lowest BCUT2D eigenvalue weighted by Gasteiger charge is -2.07. The van der Waals surface area contributed by atoms with Crippen LogP contribution in [0, 0.1) is 11.8 Å². The Kier molecular flexibility index (Phi) is 10.2. The van der Waals surface area contributed by atoms with E-state index in [1.54, 1.807) is 0 Å². The van der Waals surface area contributed by atoms with E-state index in [0.717, 1.165) is 24.3 Å². The van der Waals surface area contributed by atoms with Crippen LogP contribution in [0.4, 0.5) is 0 Å². The van der Waals surface area contributed by atoms with Crippen molar-refractivity contribution in [3.8, 4) is 17.6 Å². The summed E-state index contributed by atoms with van der Waals surface area (Å²) in [5, 5.41) is 8.62. The lowest BCUT2D eigenvalue weighted by Crippen LogP contribution is -2.07. The molecule has 0 saturated carbocycles. The fraction of sp³-hybridized carbons (Fsp3) is 0.556. The molecule has 0 bridgehead atoms. The Morgan fingerprint density at radius 1 is 0.952 bits per heavy atom. The summed E-state index contributed by atoms with van der Waals surface area (Å²) in [4.78, 5) is 0. The van der Waals surface area contributed by atoms with Gasteiger partial charge < -0.3 is 14.6 Å². The molecule has 3 heteroatoms. The number of rotatable bonds is 10. The fourth-order valence-electron chi connectivity index (χ4n) is 1.90. The molecule has 1 N–H and O–H groups in total. The van der Waals surface area contributed by atoms with Crippen LogP contribution in [0.1, 0.15) is 44.6 Å². The van der Waals surface area contributed by atoms with Crippen molar-refractivity contribution < 1.29 is 14.6 Å². The fourth-order valence-corrected chi connectivity index (χ4v) is 1.90. The van der Waals surface area contributed by atoms with Crippen LogP contribution in [0.3, 0.4) is 0 Å². The zero-order valence-electron chi connectivity index (χ0n) is 12.9. The Labute approximate surface area is 128 Å². The Morgan fingerprint density at radius 3 is 2.43 bits per heavy atom. The van der Waals surface area contributed by atoms with E-state index in [2.05, 4.69) is 18.8 Å². The van der Waals surface area contributed by atoms with E-state index in [0.29, 0.717) is 13.2 Å². The third-order valence-electron chi connectivity index (χ3n) is 3.05. The summed E-state index contributed by atoms with van der Waals surface area (Å²) in [7, 11) is 0. The minimum absolute atomic E-state index is 0.117. The van der Waals surface area contributed by atoms with Gasteiger partial charge in [0.05, 0.1) is 6.61 Å². The van der Waals surface area contributed by atoms with Crippen LogP contribution in [0.25, 0.3) is 0 Å². The molecule has 0 radical (unpaired) electrons. The molecule has 0 aromatic heterocycles. The first-order valence-corrected chi connectivity index (χ1v) is 7.77. The summed E-state index contributed by atoms with van der Waals surface area (Å²) in [6, 6.07) is 7.53. The standard InChI is InChI=1S/C18H26O3/c1-2-3-4-5-6-14-20-15-16-21-18-11-9-17(10-12-18)8-7-13-19/h9-12,19H,2-6,13-16H2,1H3. The second-order valence-corrected chi connectivity index (χ2v) is 4.86. The predicted molar refractivity (Wildman–Crippen MR) is 85.5 cm³/mol. The topological polar surface area (TPSA) is 38.7 Å². The molecule has 21 heavy (non-hydrogen) atoms. The molecule has 0 heterocycles. The maximum atomic E-state index is 8.62. The Balaban J connectivity index is 2.05. The average molecular weight is 290 g/mol. The molecule has 0 aliphatic carbocycles. The molecule has 0 saturated heterocycles. The molecule has 3 nitrogen and oxygen atoms in total. The minimum atomic E-state index is -0.117. The van der Waals surface area contributed by atoms with Crippen LogP contribution in [0.5, 0.6) is 5.75 Å². The Bertz CT molecular complexity index is 414. The first-order valence-electron chi connectivity index (χ1n) is 7.77. The Morgan fingerprint density at radius 2 is 1.71 bits per heavy atom. The van der Waals surface area contributed by atoms with Crippen molar-refractivity contribution in [1.82, 2.24) is 0 Å². The van der Waals surface area contributed by atoms with Gasteiger partial charge in [-0.15, -0.1) is 0 Å². The van der Waals surface area contributed by atoms with Gasteiger partial charge in [0.25, 0.3) is 0 Å². The molecule has 1 aromatic rings. The zero-order valence-corrected chi connectivity index (χ0v) is 12.9. The maximum Gasteiger partial charge on any atom is 0.119 e. The second kappa shape index (κ2) is 12.3. The van der Waals surface area contributed by atoms with Gasteiger partial charge in [-0.05, 0) is 30.7 Å². The van der Waals surface area contributed by atoms with Gasteiger partial charge in [0, 0.05) is 12.2 Å². The first-order chi connectivity index (χ1) is 10.4. The predicted octanol–water partition coefficient (Wildman–Crippen LogP) is 3.40. The van der Waals surface area contributed by atoms with Crippen LogP contribution < -0.4 is 4.74 Å². The van der Waals surface area contributed by atoms with E-state index in [1.165, 1.54) is 25.7 Å². The van der Waals surface area contributed by atoms with Crippen molar-refractivity contribution in [3.63, 3.8) is 0 Å². The van der Waals surface area contributed by atoms with E-state index < -0.39 is 0 Å². The molecule has 1 rings (SSSR count). The summed E-state index contributed by atoms with van der Waals surface area (Å²) in [6.45, 7) is 4.12. The quantitative estimate of drug-likeness (QED) is 0.530. The van der Waals surface area contributed by atoms with Crippen molar-refractivity contribution in [2.75, 3.05) is 26.4 Å². The smallest absolute Gasteiger partial charge is 0.119 e. The number of ether oxygens (including phenoxy) is 2. The molecular formula is C18H26O3. The average Bonchev–Trinajstić information content (AvgIpc) is 2.52. The van der Waals surface area contributed by atoms with Crippen LogP contribution in [-0.4, -0.2) is 31.5 Å². The molecule has 116 valence electrons. The number of benzene rings is 1. The lowest BCUT2D eigenvalue weighted by atomic mass is 10.2. The summed E-state index contributed by atoms with van der Waals surface area (Å²) in [6.07, 6.45) is 6.30. The highest BCUT2D eigenvalue weighted by atomic mass is 16.5. The van der Waals surface area contributed by atoms with Crippen molar-refractivity contribution in [3.05, 3.63) is 29.8 Å². The first kappa shape index (κ1) is 17.6. The van der Waals surface area contributed by atoms with Gasteiger partial charge in [0.2, 0.25) is 0 Å². The van der Waals surface area contributed by atoms with E-state index in [9.17, 15) is 0 Å². The summed E-state index contributed by atoms with van der Waals surface area (Å²) >= 11 is 0. The third-order valence-corrected chi connectivity index (χ3v) is 3.05. The van der Waals surface area contributed by atoms with Gasteiger partial charge in [-0.1, -0.05) is 44.4 Å². The minimum Gasteiger partial charge on any atom is -0.491 e. The van der Waals surface area contributed by atoms with Gasteiger partial charge in [0.15, 0.2) is 0 Å². The highest BCUT2D eigenvalue weighted by Gasteiger charge is 1.95. The molecule has 1 aromatic carbocycles. The van der Waals surface area contributed by atoms with E-state index in [-0.39, 0.29) is 6.61 Å². The SMILES string of the molecule is CCCCCCCOCCOc1ccc(C#CCO)cc1. The maximum absolute atomic E-state index is 8.62. The monoisotopic (exact) mass is 290 g/mol. The summed E-state index contributed by atoms with van der Waals surface area (Å²) in [5.41, 5.74) is 0.875. The normalized spacial score (nSPS) is 10.0. The zero-order chi connectivity index (χ0) is 15.2. The van der Waals surface area contributed by atoms with Gasteiger partial charge in [-0.25, -0.2) is 0 Å². The highest BCUT2D eigenvalue weighted by Crippen LogP contribution is 2.11. The third kappa shape index (κ3) is 9.12. The molecular weight excluding hydrogens is 264 g/mol. The molecule has 0 amide bonds. The van der Waals surface area contributed by atoms with Crippen molar-refractivity contribution in [1.29, 1.82) is 0 Å². The molecule has 0 unspecified atom stereocenters. The van der Waals surface area contributed by atoms with E-state index in [1.807, 2.05) is 24.3 Å². The van der Waals surface area contributed by atoms with Gasteiger partial charge in [-0.3, -0.25) is 0 Å². The molecule has 0 fully saturated rings. The largest absolute Gasteiger partial charge is 0.491 e. The number of hydrogen-bond donors (Lipinski definition) is 1. The van der Waals surface area contributed by atoms with Crippen LogP contribution in [0.2, 0.25) is 0 Å². The van der Waals surface area contributed by atoms with Gasteiger partial charge in [-0.2, -0.15) is 0 Å². The van der Waals surface area contributed by atoms with Gasteiger partial charge in [0.1, 0.15) is 19.0 Å². The molecule has 0 aliphatic heterocycles. The highest BCUT2D eigenvalue weighted by molar-refractivity contribution is 5.38. The molecule has 0 aliphatic rings. The van der Waals surface area contributed by atoms with Gasteiger partial charge >= 0.3 is 0 Å². The summed E-state index contributed by atoms with van der Waals surface area (Å²) in [5.74, 6) is 6.28. The van der Waals surface area contributed by atoms with E-state index in [4.69, 9.17) is 14.6 Å². The number of aliphatic hydroxyl groups excluding tert-OH is 1. The van der Waals surface area contributed by atoms with Crippen LogP contribution >= 0.6 is 0 Å². The lowest BCUT2D eigenvalue weighted by molar-refractivity contribution is 0.0971. The van der Waals surface area contributed by atoms with Crippen LogP contribution in [-0.2, 0) is 4.74 Å². The Hall–Kier alpha value is -1.50. The molecule has 0 spiro atoms. The van der Waals surface area contributed by atoms with Crippen molar-refractivity contribution in [2.45, 2.75) is 39.0 Å². The summed E-state index contributed by atoms with van der Waals surface area (Å²) < 4.78 is 11.1. The number of hydrogen-bond acceptors (Lipinski definition) is 3. The van der Waals surface area contributed by atoms with E-state index >= 15 is 0 Å². The second-order valence-electron chi connectivity index (χ2n) is 4.86. The van der Waals surface area contributed by atoms with Crippen molar-refractivity contribution in [2.24, 2.45) is 0 Å². The van der Waals surface area contributed by atoms with Crippen molar-refractivity contribution >= 4 is 0 Å². The number of unbranched alkanes of at least 4 members (excludes halogenated alkanes) is 4. The van der Waals surface area contributed by atoms with Crippen LogP contribution in [0.15, 0.2) is 24.3 Å². The number of aliphatic hydroxyl groups is 1. The molecule has 0 atom stereocenters.